The zero-order valence-electron chi connectivity index (χ0n) is 18.6. The van der Waals surface area contributed by atoms with E-state index in [9.17, 15) is 18.0 Å². The Bertz CT molecular complexity index is 1240. The van der Waals surface area contributed by atoms with Gasteiger partial charge in [0.05, 0.1) is 11.3 Å². The number of carboxylic acids is 1. The summed E-state index contributed by atoms with van der Waals surface area (Å²) in [5.74, 6) is -0.468. The Hall–Kier alpha value is -2.69. The molecule has 5 nitrogen and oxygen atoms in total. The minimum atomic E-state index is -4.35. The van der Waals surface area contributed by atoms with Crippen molar-refractivity contribution in [1.82, 2.24) is 9.29 Å². The topological polar surface area (TPSA) is 62.7 Å². The van der Waals surface area contributed by atoms with Crippen LogP contribution in [0.2, 0.25) is 0 Å². The van der Waals surface area contributed by atoms with Crippen LogP contribution in [0, 0.1) is 6.92 Å². The molecule has 34 heavy (non-hydrogen) atoms. The number of thiazole rings is 1. The van der Waals surface area contributed by atoms with Crippen molar-refractivity contribution in [2.75, 3.05) is 13.2 Å². The fourth-order valence-electron chi connectivity index (χ4n) is 3.75. The summed E-state index contributed by atoms with van der Waals surface area (Å²) in [6.07, 6.45) is -3.59. The van der Waals surface area contributed by atoms with E-state index in [0.29, 0.717) is 17.9 Å². The number of aryl methyl sites for hydroxylation is 1. The van der Waals surface area contributed by atoms with E-state index < -0.39 is 17.7 Å². The quantitative estimate of drug-likeness (QED) is 0.413. The zero-order valence-corrected chi connectivity index (χ0v) is 20.2. The molecule has 0 radical (unpaired) electrons. The molecular formula is C24H23F3N2O3S2. The molecule has 4 rings (SSSR count). The van der Waals surface area contributed by atoms with Crippen LogP contribution >= 0.6 is 22.0 Å². The number of hydrogen-bond acceptors (Lipinski definition) is 5. The van der Waals surface area contributed by atoms with E-state index in [4.69, 9.17) is 14.8 Å². The third-order valence-electron chi connectivity index (χ3n) is 5.40. The van der Waals surface area contributed by atoms with Crippen LogP contribution in [0.25, 0.3) is 10.6 Å². The summed E-state index contributed by atoms with van der Waals surface area (Å²) in [5.41, 5.74) is 1.90. The summed E-state index contributed by atoms with van der Waals surface area (Å²) < 4.78 is 46.3. The first-order valence-corrected chi connectivity index (χ1v) is 12.6. The van der Waals surface area contributed by atoms with E-state index in [1.54, 1.807) is 0 Å². The number of fused-ring (bicyclic) bond motifs is 1. The molecule has 1 atom stereocenters. The maximum absolute atomic E-state index is 12.9. The average Bonchev–Trinajstić information content (AvgIpc) is 3.22. The molecule has 0 spiro atoms. The third-order valence-corrected chi connectivity index (χ3v) is 8.58. The van der Waals surface area contributed by atoms with Gasteiger partial charge in [-0.2, -0.15) is 13.2 Å². The molecule has 0 aliphatic carbocycles. The van der Waals surface area contributed by atoms with Gasteiger partial charge in [0.25, 0.3) is 0 Å². The number of carbonyl (C=O) groups is 1. The number of benzene rings is 2. The molecule has 3 aromatic rings. The molecule has 0 amide bonds. The Balaban J connectivity index is 1.52. The standard InChI is InChI=1S/C24H23F3N2O3S2/c1-3-34(18-8-9-20(15(2)12-18)32-14-22(30)31)29-11-10-19-21(13-29)33-23(28-19)16-4-6-17(7-5-16)24(25,26)27/h3-9,12H,10-11,13-14H2,1-2H3,(H,30,31). The lowest BCUT2D eigenvalue weighted by Crippen LogP contribution is -2.25. The van der Waals surface area contributed by atoms with Crippen molar-refractivity contribution >= 4 is 33.3 Å². The van der Waals surface area contributed by atoms with E-state index in [-0.39, 0.29) is 17.3 Å². The number of rotatable bonds is 6. The fourth-order valence-corrected chi connectivity index (χ4v) is 6.89. The molecule has 2 heterocycles. The second-order valence-corrected chi connectivity index (χ2v) is 10.9. The van der Waals surface area contributed by atoms with Crippen LogP contribution in [0.4, 0.5) is 13.2 Å². The largest absolute Gasteiger partial charge is 0.482 e. The van der Waals surface area contributed by atoms with Gasteiger partial charge < -0.3 is 9.84 Å². The van der Waals surface area contributed by atoms with Gasteiger partial charge in [-0.25, -0.2) is 14.1 Å². The van der Waals surface area contributed by atoms with E-state index in [1.165, 1.54) is 23.5 Å². The van der Waals surface area contributed by atoms with E-state index in [1.807, 2.05) is 32.0 Å². The number of aromatic nitrogens is 1. The lowest BCUT2D eigenvalue weighted by Gasteiger charge is -2.29. The van der Waals surface area contributed by atoms with Gasteiger partial charge in [0, 0.05) is 34.8 Å². The van der Waals surface area contributed by atoms with Crippen LogP contribution in [0.5, 0.6) is 5.75 Å². The molecule has 0 fully saturated rings. The summed E-state index contributed by atoms with van der Waals surface area (Å²) in [6.45, 7) is 5.05. The van der Waals surface area contributed by atoms with Crippen molar-refractivity contribution in [1.29, 1.82) is 0 Å². The van der Waals surface area contributed by atoms with Crippen molar-refractivity contribution in [2.24, 2.45) is 0 Å². The molecule has 0 saturated carbocycles. The highest BCUT2D eigenvalue weighted by atomic mass is 32.2. The molecule has 180 valence electrons. The Kier molecular flexibility index (Phi) is 7.11. The van der Waals surface area contributed by atoms with Gasteiger partial charge in [0.2, 0.25) is 0 Å². The Labute approximate surface area is 201 Å². The number of aliphatic carboxylic acids is 1. The van der Waals surface area contributed by atoms with Gasteiger partial charge in [0.1, 0.15) is 10.8 Å². The maximum Gasteiger partial charge on any atom is 0.416 e. The lowest BCUT2D eigenvalue weighted by molar-refractivity contribution is -0.139. The van der Waals surface area contributed by atoms with Crippen LogP contribution in [-0.4, -0.2) is 38.9 Å². The predicted octanol–water partition coefficient (Wildman–Crippen LogP) is 6.02. The SMILES string of the molecule is C/C=S(\c1ccc(OCC(=O)O)c(C)c1)N1CCc2nc(-c3ccc(C(F)(F)F)cc3)sc2C1. The van der Waals surface area contributed by atoms with Crippen LogP contribution in [0.3, 0.4) is 0 Å². The van der Waals surface area contributed by atoms with Crippen molar-refractivity contribution in [3.63, 3.8) is 0 Å². The van der Waals surface area contributed by atoms with Crippen molar-refractivity contribution in [3.05, 3.63) is 64.2 Å². The van der Waals surface area contributed by atoms with Gasteiger partial charge >= 0.3 is 12.1 Å². The molecule has 0 bridgehead atoms. The van der Waals surface area contributed by atoms with Gasteiger partial charge in [0.15, 0.2) is 6.61 Å². The van der Waals surface area contributed by atoms with E-state index >= 15 is 0 Å². The highest BCUT2D eigenvalue weighted by Gasteiger charge is 2.30. The van der Waals surface area contributed by atoms with Gasteiger partial charge in [-0.15, -0.1) is 11.3 Å². The highest BCUT2D eigenvalue weighted by molar-refractivity contribution is 8.12. The van der Waals surface area contributed by atoms with Crippen molar-refractivity contribution in [3.8, 4) is 16.3 Å². The lowest BCUT2D eigenvalue weighted by atomic mass is 10.1. The Morgan fingerprint density at radius 1 is 1.26 bits per heavy atom. The molecule has 1 unspecified atom stereocenters. The molecule has 1 N–H and O–H groups in total. The first kappa shape index (κ1) is 24.4. The number of halogens is 3. The first-order chi connectivity index (χ1) is 16.2. The molecule has 1 aliphatic heterocycles. The van der Waals surface area contributed by atoms with Crippen molar-refractivity contribution < 1.29 is 27.8 Å². The fraction of sp³-hybridized carbons (Fsp3) is 0.292. The average molecular weight is 509 g/mol. The van der Waals surface area contributed by atoms with Crippen molar-refractivity contribution in [2.45, 2.75) is 37.9 Å². The minimum absolute atomic E-state index is 0.278. The summed E-state index contributed by atoms with van der Waals surface area (Å²) in [4.78, 5) is 17.7. The van der Waals surface area contributed by atoms with E-state index in [2.05, 4.69) is 9.67 Å². The van der Waals surface area contributed by atoms with Crippen LogP contribution in [0.1, 0.15) is 28.6 Å². The Morgan fingerprint density at radius 2 is 2.00 bits per heavy atom. The second-order valence-electron chi connectivity index (χ2n) is 7.74. The summed E-state index contributed by atoms with van der Waals surface area (Å²) in [7, 11) is -0.278. The Morgan fingerprint density at radius 3 is 2.62 bits per heavy atom. The number of hydrogen-bond donors (Lipinski definition) is 1. The third kappa shape index (κ3) is 5.34. The molecule has 1 aromatic heterocycles. The molecule has 10 heteroatoms. The van der Waals surface area contributed by atoms with Crippen LogP contribution in [0.15, 0.2) is 47.4 Å². The molecule has 1 aliphatic rings. The number of ether oxygens (including phenoxy) is 1. The summed E-state index contributed by atoms with van der Waals surface area (Å²) in [5, 5.41) is 11.7. The normalized spacial score (nSPS) is 15.2. The van der Waals surface area contributed by atoms with Gasteiger partial charge in [-0.1, -0.05) is 22.8 Å². The number of carboxylic acid groups (broad SMARTS) is 1. The first-order valence-electron chi connectivity index (χ1n) is 10.5. The summed E-state index contributed by atoms with van der Waals surface area (Å²) in [6, 6.07) is 10.9. The van der Waals surface area contributed by atoms with Gasteiger partial charge in [-0.3, -0.25) is 0 Å². The summed E-state index contributed by atoms with van der Waals surface area (Å²) >= 11 is 1.52. The smallest absolute Gasteiger partial charge is 0.416 e. The van der Waals surface area contributed by atoms with Crippen LogP contribution < -0.4 is 4.74 Å². The highest BCUT2D eigenvalue weighted by Crippen LogP contribution is 2.40. The van der Waals surface area contributed by atoms with Crippen LogP contribution in [-0.2, 0) is 23.9 Å². The monoisotopic (exact) mass is 508 g/mol. The number of nitrogens with zero attached hydrogens (tertiary/aromatic N) is 2. The zero-order chi connectivity index (χ0) is 24.5. The second kappa shape index (κ2) is 9.89. The maximum atomic E-state index is 12.9. The minimum Gasteiger partial charge on any atom is -0.482 e. The predicted molar refractivity (Wildman–Crippen MR) is 129 cm³/mol. The molecule has 2 aromatic carbocycles. The molecule has 0 saturated heterocycles. The molecular weight excluding hydrogens is 485 g/mol. The van der Waals surface area contributed by atoms with E-state index in [0.717, 1.165) is 51.1 Å². The number of alkyl halides is 3. The van der Waals surface area contributed by atoms with Gasteiger partial charge in [-0.05, 0) is 55.1 Å².